The van der Waals surface area contributed by atoms with Crippen molar-refractivity contribution in [1.29, 1.82) is 0 Å². The number of carbonyl (C=O) groups excluding carboxylic acids is 1. The normalized spacial score (nSPS) is 10.6. The first kappa shape index (κ1) is 20.6. The van der Waals surface area contributed by atoms with Gasteiger partial charge in [0.2, 0.25) is 0 Å². The zero-order valence-electron chi connectivity index (χ0n) is 16.5. The highest BCUT2D eigenvalue weighted by molar-refractivity contribution is 5.89. The summed E-state index contributed by atoms with van der Waals surface area (Å²) in [4.78, 5) is 14.5. The fourth-order valence-corrected chi connectivity index (χ4v) is 2.71. The summed E-state index contributed by atoms with van der Waals surface area (Å²) in [6.45, 7) is 7.80. The lowest BCUT2D eigenvalue weighted by molar-refractivity contribution is 0.251. The Labute approximate surface area is 161 Å². The number of ether oxygens (including phenoxy) is 2. The average molecular weight is 371 g/mol. The number of methoxy groups -OCH3 is 2. The highest BCUT2D eigenvalue weighted by atomic mass is 16.5. The van der Waals surface area contributed by atoms with Gasteiger partial charge in [-0.25, -0.2) is 4.79 Å². The first-order chi connectivity index (χ1) is 13.1. The van der Waals surface area contributed by atoms with Crippen LogP contribution < -0.4 is 20.1 Å². The second kappa shape index (κ2) is 10.4. The van der Waals surface area contributed by atoms with Crippen LogP contribution in [0.2, 0.25) is 0 Å². The van der Waals surface area contributed by atoms with Gasteiger partial charge in [0.05, 0.1) is 14.2 Å². The quantitative estimate of drug-likeness (QED) is 0.702. The van der Waals surface area contributed by atoms with Gasteiger partial charge in [0.25, 0.3) is 0 Å². The molecular weight excluding hydrogens is 342 g/mol. The molecule has 0 unspecified atom stereocenters. The fraction of sp³-hybridized carbons (Fsp3) is 0.381. The third-order valence-corrected chi connectivity index (χ3v) is 4.39. The number of nitrogens with one attached hydrogen (secondary N) is 2. The van der Waals surface area contributed by atoms with Gasteiger partial charge in [-0.05, 0) is 24.2 Å². The first-order valence-corrected chi connectivity index (χ1v) is 9.16. The first-order valence-electron chi connectivity index (χ1n) is 9.16. The van der Waals surface area contributed by atoms with Crippen LogP contribution in [-0.2, 0) is 13.1 Å². The molecule has 0 saturated carbocycles. The molecule has 0 aliphatic rings. The van der Waals surface area contributed by atoms with Gasteiger partial charge in [0.15, 0.2) is 0 Å². The maximum Gasteiger partial charge on any atom is 0.319 e. The minimum Gasteiger partial charge on any atom is -0.497 e. The lowest BCUT2D eigenvalue weighted by atomic mass is 10.1. The van der Waals surface area contributed by atoms with E-state index < -0.39 is 0 Å². The summed E-state index contributed by atoms with van der Waals surface area (Å²) in [5.74, 6) is 1.24. The van der Waals surface area contributed by atoms with E-state index in [1.165, 1.54) is 5.56 Å². The Kier molecular flexibility index (Phi) is 7.95. The fourth-order valence-electron chi connectivity index (χ4n) is 2.71. The molecule has 0 saturated heterocycles. The third-order valence-electron chi connectivity index (χ3n) is 4.39. The van der Waals surface area contributed by atoms with Gasteiger partial charge in [-0.15, -0.1) is 0 Å². The van der Waals surface area contributed by atoms with Crippen molar-refractivity contribution in [1.82, 2.24) is 10.2 Å². The van der Waals surface area contributed by atoms with Crippen molar-refractivity contribution in [3.63, 3.8) is 0 Å². The van der Waals surface area contributed by atoms with E-state index in [9.17, 15) is 4.79 Å². The smallest absolute Gasteiger partial charge is 0.319 e. The highest BCUT2D eigenvalue weighted by Crippen LogP contribution is 2.25. The van der Waals surface area contributed by atoms with Crippen molar-refractivity contribution in [3.8, 4) is 11.5 Å². The van der Waals surface area contributed by atoms with Gasteiger partial charge in [0.1, 0.15) is 11.5 Å². The van der Waals surface area contributed by atoms with E-state index in [2.05, 4.69) is 41.5 Å². The lowest BCUT2D eigenvalue weighted by Crippen LogP contribution is -2.28. The van der Waals surface area contributed by atoms with Crippen LogP contribution in [0.5, 0.6) is 11.5 Å². The Morgan fingerprint density at radius 1 is 0.926 bits per heavy atom. The number of benzene rings is 2. The molecule has 0 aromatic heterocycles. The topological polar surface area (TPSA) is 62.8 Å². The van der Waals surface area contributed by atoms with Crippen molar-refractivity contribution in [2.75, 3.05) is 32.6 Å². The van der Waals surface area contributed by atoms with Crippen LogP contribution in [0.25, 0.3) is 0 Å². The van der Waals surface area contributed by atoms with Crippen molar-refractivity contribution in [2.45, 2.75) is 26.9 Å². The van der Waals surface area contributed by atoms with Crippen molar-refractivity contribution < 1.29 is 14.3 Å². The average Bonchev–Trinajstić information content (AvgIpc) is 2.70. The third kappa shape index (κ3) is 6.49. The number of hydrogen-bond donors (Lipinski definition) is 2. The molecular formula is C21H29N3O3. The summed E-state index contributed by atoms with van der Waals surface area (Å²) < 4.78 is 10.4. The van der Waals surface area contributed by atoms with Crippen molar-refractivity contribution >= 4 is 11.7 Å². The molecule has 0 atom stereocenters. The van der Waals surface area contributed by atoms with Crippen LogP contribution in [-0.4, -0.2) is 38.2 Å². The van der Waals surface area contributed by atoms with Crippen molar-refractivity contribution in [3.05, 3.63) is 53.6 Å². The molecule has 0 bridgehead atoms. The number of anilines is 1. The molecule has 0 fully saturated rings. The van der Waals surface area contributed by atoms with Gasteiger partial charge in [-0.1, -0.05) is 38.1 Å². The number of carbonyl (C=O) groups is 1. The summed E-state index contributed by atoms with van der Waals surface area (Å²) in [6, 6.07) is 13.3. The van der Waals surface area contributed by atoms with E-state index in [1.54, 1.807) is 32.4 Å². The second-order valence-corrected chi connectivity index (χ2v) is 6.19. The van der Waals surface area contributed by atoms with Gasteiger partial charge >= 0.3 is 6.03 Å². The zero-order chi connectivity index (χ0) is 19.6. The van der Waals surface area contributed by atoms with Gasteiger partial charge in [0, 0.05) is 37.0 Å². The summed E-state index contributed by atoms with van der Waals surface area (Å²) in [6.07, 6.45) is 0. The number of amides is 2. The van der Waals surface area contributed by atoms with E-state index in [4.69, 9.17) is 9.47 Å². The van der Waals surface area contributed by atoms with E-state index >= 15 is 0 Å². The molecule has 2 N–H and O–H groups in total. The molecule has 0 spiro atoms. The predicted molar refractivity (Wildman–Crippen MR) is 108 cm³/mol. The molecule has 6 nitrogen and oxygen atoms in total. The number of hydrogen-bond acceptors (Lipinski definition) is 4. The Bertz CT molecular complexity index is 706. The molecule has 2 rings (SSSR count). The maximum absolute atomic E-state index is 12.2. The lowest BCUT2D eigenvalue weighted by Gasteiger charge is -2.18. The van der Waals surface area contributed by atoms with E-state index in [0.717, 1.165) is 25.2 Å². The molecule has 2 aromatic rings. The standard InChI is InChI=1S/C21H29N3O3/c1-5-24(6-2)15-17-9-7-16(8-10-17)14-22-21(25)23-18-11-19(26-3)13-20(12-18)27-4/h7-13H,5-6,14-15H2,1-4H3,(H2,22,23,25). The molecule has 27 heavy (non-hydrogen) atoms. The van der Waals surface area contributed by atoms with E-state index in [-0.39, 0.29) is 6.03 Å². The van der Waals surface area contributed by atoms with Crippen molar-refractivity contribution in [2.24, 2.45) is 0 Å². The van der Waals surface area contributed by atoms with Crippen LogP contribution >= 0.6 is 0 Å². The summed E-state index contributed by atoms with van der Waals surface area (Å²) in [5.41, 5.74) is 2.94. The van der Waals surface area contributed by atoms with Gasteiger partial charge < -0.3 is 20.1 Å². The molecule has 146 valence electrons. The van der Waals surface area contributed by atoms with Crippen LogP contribution in [0.15, 0.2) is 42.5 Å². The molecule has 2 amide bonds. The monoisotopic (exact) mass is 371 g/mol. The largest absolute Gasteiger partial charge is 0.497 e. The SMILES string of the molecule is CCN(CC)Cc1ccc(CNC(=O)Nc2cc(OC)cc(OC)c2)cc1. The second-order valence-electron chi connectivity index (χ2n) is 6.19. The number of urea groups is 1. The highest BCUT2D eigenvalue weighted by Gasteiger charge is 2.06. The van der Waals surface area contributed by atoms with Crippen LogP contribution in [0, 0.1) is 0 Å². The maximum atomic E-state index is 12.2. The molecule has 0 aliphatic carbocycles. The number of rotatable bonds is 9. The zero-order valence-corrected chi connectivity index (χ0v) is 16.5. The van der Waals surface area contributed by atoms with Crippen LogP contribution in [0.4, 0.5) is 10.5 Å². The summed E-state index contributed by atoms with van der Waals surface area (Å²) in [7, 11) is 3.14. The Morgan fingerprint density at radius 3 is 2.00 bits per heavy atom. The van der Waals surface area contributed by atoms with E-state index in [1.807, 2.05) is 12.1 Å². The molecule has 6 heteroatoms. The molecule has 2 aromatic carbocycles. The van der Waals surface area contributed by atoms with Gasteiger partial charge in [-0.2, -0.15) is 0 Å². The van der Waals surface area contributed by atoms with Gasteiger partial charge in [-0.3, -0.25) is 4.90 Å². The molecule has 0 heterocycles. The van der Waals surface area contributed by atoms with Crippen LogP contribution in [0.1, 0.15) is 25.0 Å². The molecule has 0 radical (unpaired) electrons. The molecule has 0 aliphatic heterocycles. The summed E-state index contributed by atoms with van der Waals surface area (Å²) in [5, 5.41) is 5.66. The Morgan fingerprint density at radius 2 is 1.48 bits per heavy atom. The summed E-state index contributed by atoms with van der Waals surface area (Å²) >= 11 is 0. The predicted octanol–water partition coefficient (Wildman–Crippen LogP) is 3.87. The number of nitrogens with zero attached hydrogens (tertiary/aromatic N) is 1. The Hall–Kier alpha value is -2.73. The minimum absolute atomic E-state index is 0.280. The minimum atomic E-state index is -0.280. The van der Waals surface area contributed by atoms with E-state index in [0.29, 0.717) is 23.7 Å². The Balaban J connectivity index is 1.88. The van der Waals surface area contributed by atoms with Crippen LogP contribution in [0.3, 0.4) is 0 Å².